The van der Waals surface area contributed by atoms with Gasteiger partial charge in [0.05, 0.1) is 23.2 Å². The molecule has 156 valence electrons. The summed E-state index contributed by atoms with van der Waals surface area (Å²) < 4.78 is 8.95. The van der Waals surface area contributed by atoms with Crippen LogP contribution in [0, 0.1) is 0 Å². The number of pyridine rings is 2. The predicted molar refractivity (Wildman–Crippen MR) is 126 cm³/mol. The van der Waals surface area contributed by atoms with Gasteiger partial charge in [0.15, 0.2) is 5.43 Å². The van der Waals surface area contributed by atoms with Gasteiger partial charge in [0.2, 0.25) is 0 Å². The van der Waals surface area contributed by atoms with Gasteiger partial charge in [-0.25, -0.2) is 0 Å². The number of hydrogen-bond donors (Lipinski definition) is 1. The van der Waals surface area contributed by atoms with Gasteiger partial charge in [-0.3, -0.25) is 9.78 Å². The average Bonchev–Trinajstić information content (AvgIpc) is 2.78. The van der Waals surface area contributed by atoms with Crippen LogP contribution >= 0.6 is 27.7 Å². The van der Waals surface area contributed by atoms with E-state index < -0.39 is 0 Å². The molecule has 0 fully saturated rings. The molecule has 1 aliphatic rings. The zero-order valence-corrected chi connectivity index (χ0v) is 18.9. The van der Waals surface area contributed by atoms with Gasteiger partial charge >= 0.3 is 0 Å². The van der Waals surface area contributed by atoms with Crippen molar-refractivity contribution in [3.8, 4) is 11.4 Å². The first kappa shape index (κ1) is 20.3. The fourth-order valence-corrected chi connectivity index (χ4v) is 5.26. The van der Waals surface area contributed by atoms with Gasteiger partial charge in [0, 0.05) is 57.9 Å². The Labute approximate surface area is 191 Å². The first-order valence-corrected chi connectivity index (χ1v) is 11.6. The van der Waals surface area contributed by atoms with E-state index in [0.717, 1.165) is 31.0 Å². The number of benzene rings is 2. The largest absolute Gasteiger partial charge is 0.493 e. The second kappa shape index (κ2) is 8.49. The van der Waals surface area contributed by atoms with Crippen LogP contribution in [0.3, 0.4) is 0 Å². The van der Waals surface area contributed by atoms with Crippen molar-refractivity contribution in [2.75, 3.05) is 13.2 Å². The lowest BCUT2D eigenvalue weighted by Crippen LogP contribution is -2.17. The second-order valence-electron chi connectivity index (χ2n) is 7.35. The number of halogens is 1. The molecule has 4 aromatic rings. The molecule has 0 bridgehead atoms. The Bertz CT molecular complexity index is 1340. The van der Waals surface area contributed by atoms with Crippen molar-refractivity contribution in [1.29, 1.82) is 0 Å². The van der Waals surface area contributed by atoms with Gasteiger partial charge in [0.25, 0.3) is 0 Å². The fourth-order valence-electron chi connectivity index (χ4n) is 3.79. The molecule has 0 saturated carbocycles. The molecular weight excluding hydrogens is 476 g/mol. The summed E-state index contributed by atoms with van der Waals surface area (Å²) in [5.41, 5.74) is 3.63. The van der Waals surface area contributed by atoms with Crippen LogP contribution in [0.4, 0.5) is 0 Å². The van der Waals surface area contributed by atoms with Crippen molar-refractivity contribution in [3.63, 3.8) is 0 Å². The maximum atomic E-state index is 13.5. The lowest BCUT2D eigenvalue weighted by molar-refractivity contribution is 0.233. The van der Waals surface area contributed by atoms with Crippen molar-refractivity contribution < 1.29 is 9.84 Å². The molecule has 1 aliphatic heterocycles. The molecule has 0 unspecified atom stereocenters. The van der Waals surface area contributed by atoms with E-state index in [9.17, 15) is 4.79 Å². The molecule has 0 atom stereocenters. The van der Waals surface area contributed by atoms with Crippen LogP contribution in [0.1, 0.15) is 17.5 Å². The third kappa shape index (κ3) is 3.89. The van der Waals surface area contributed by atoms with E-state index in [4.69, 9.17) is 9.84 Å². The van der Waals surface area contributed by atoms with Gasteiger partial charge in [-0.2, -0.15) is 0 Å². The molecule has 5 rings (SSSR count). The van der Waals surface area contributed by atoms with E-state index in [1.165, 1.54) is 0 Å². The first-order chi connectivity index (χ1) is 15.1. The number of aliphatic hydroxyl groups is 1. The summed E-state index contributed by atoms with van der Waals surface area (Å²) in [7, 11) is 0. The third-order valence-corrected chi connectivity index (χ3v) is 6.79. The van der Waals surface area contributed by atoms with Gasteiger partial charge in [-0.1, -0.05) is 33.8 Å². The van der Waals surface area contributed by atoms with Crippen molar-refractivity contribution in [2.45, 2.75) is 22.6 Å². The minimum atomic E-state index is 0.00279. The van der Waals surface area contributed by atoms with Crippen molar-refractivity contribution in [2.24, 2.45) is 0 Å². The normalized spacial score (nSPS) is 12.1. The monoisotopic (exact) mass is 494 g/mol. The standard InChI is InChI=1S/C24H19BrN2O3S/c25-17-4-5-21-20(10-17)27-14-16(9-15-3-1-6-26-13-15)24(29)19-11-18(30-8-2-7-28)12-22(31-21)23(19)27/h1,3-6,10-14,28H,2,7-9H2. The Morgan fingerprint density at radius 3 is 2.87 bits per heavy atom. The van der Waals surface area contributed by atoms with Crippen molar-refractivity contribution >= 4 is 38.6 Å². The molecular formula is C24H19BrN2O3S. The molecule has 31 heavy (non-hydrogen) atoms. The van der Waals surface area contributed by atoms with Gasteiger partial charge in [0.1, 0.15) is 5.75 Å². The number of nitrogens with zero attached hydrogens (tertiary/aromatic N) is 2. The number of aromatic nitrogens is 2. The molecule has 0 spiro atoms. The van der Waals surface area contributed by atoms with E-state index in [1.807, 2.05) is 36.5 Å². The van der Waals surface area contributed by atoms with E-state index in [0.29, 0.717) is 36.1 Å². The van der Waals surface area contributed by atoms with Gasteiger partial charge in [-0.05, 0) is 42.0 Å². The van der Waals surface area contributed by atoms with E-state index in [-0.39, 0.29) is 12.0 Å². The van der Waals surface area contributed by atoms with Crippen LogP contribution in [-0.2, 0) is 6.42 Å². The topological polar surface area (TPSA) is 64.4 Å². The van der Waals surface area contributed by atoms with Crippen LogP contribution in [0.25, 0.3) is 16.6 Å². The zero-order chi connectivity index (χ0) is 21.4. The fraction of sp³-hybridized carbons (Fsp3) is 0.167. The van der Waals surface area contributed by atoms with Crippen molar-refractivity contribution in [3.05, 3.63) is 86.9 Å². The van der Waals surface area contributed by atoms with Crippen LogP contribution < -0.4 is 10.2 Å². The third-order valence-electron chi connectivity index (χ3n) is 5.20. The minimum Gasteiger partial charge on any atom is -0.493 e. The Kier molecular flexibility index (Phi) is 5.56. The Hall–Kier alpha value is -2.61. The smallest absolute Gasteiger partial charge is 0.193 e. The molecule has 0 saturated heterocycles. The lowest BCUT2D eigenvalue weighted by atomic mass is 10.0. The summed E-state index contributed by atoms with van der Waals surface area (Å²) >= 11 is 5.21. The van der Waals surface area contributed by atoms with E-state index in [1.54, 1.807) is 24.2 Å². The Balaban J connectivity index is 1.73. The molecule has 2 aromatic heterocycles. The summed E-state index contributed by atoms with van der Waals surface area (Å²) in [4.78, 5) is 19.8. The van der Waals surface area contributed by atoms with Crippen LogP contribution in [0.15, 0.2) is 80.1 Å². The Morgan fingerprint density at radius 1 is 1.16 bits per heavy atom. The molecule has 2 aromatic carbocycles. The number of rotatable bonds is 6. The first-order valence-electron chi connectivity index (χ1n) is 9.96. The Morgan fingerprint density at radius 2 is 2.06 bits per heavy atom. The van der Waals surface area contributed by atoms with Gasteiger partial charge in [-0.15, -0.1) is 0 Å². The lowest BCUT2D eigenvalue weighted by Gasteiger charge is -2.24. The number of fused-ring (bicyclic) bond motifs is 2. The second-order valence-corrected chi connectivity index (χ2v) is 9.35. The van der Waals surface area contributed by atoms with E-state index in [2.05, 4.69) is 37.6 Å². The summed E-state index contributed by atoms with van der Waals surface area (Å²) in [5, 5.41) is 9.70. The maximum absolute atomic E-state index is 13.5. The molecule has 7 heteroatoms. The number of aliphatic hydroxyl groups excluding tert-OH is 1. The number of hydrogen-bond acceptors (Lipinski definition) is 5. The maximum Gasteiger partial charge on any atom is 0.193 e. The number of ether oxygens (including phenoxy) is 1. The predicted octanol–water partition coefficient (Wildman–Crippen LogP) is 4.96. The molecule has 3 heterocycles. The van der Waals surface area contributed by atoms with Crippen molar-refractivity contribution in [1.82, 2.24) is 9.55 Å². The molecule has 0 amide bonds. The molecule has 5 nitrogen and oxygen atoms in total. The summed E-state index contributed by atoms with van der Waals surface area (Å²) in [6.07, 6.45) is 6.53. The quantitative estimate of drug-likeness (QED) is 0.337. The average molecular weight is 495 g/mol. The highest BCUT2D eigenvalue weighted by Crippen LogP contribution is 2.44. The summed E-state index contributed by atoms with van der Waals surface area (Å²) in [6, 6.07) is 13.8. The van der Waals surface area contributed by atoms with Crippen LogP contribution in [0.2, 0.25) is 0 Å². The van der Waals surface area contributed by atoms with Gasteiger partial charge < -0.3 is 14.4 Å². The van der Waals surface area contributed by atoms with E-state index >= 15 is 0 Å². The zero-order valence-electron chi connectivity index (χ0n) is 16.5. The molecule has 0 radical (unpaired) electrons. The minimum absolute atomic E-state index is 0.00279. The van der Waals surface area contributed by atoms with Crippen LogP contribution in [-0.4, -0.2) is 27.9 Å². The highest BCUT2D eigenvalue weighted by atomic mass is 79.9. The summed E-state index contributed by atoms with van der Waals surface area (Å²) in [6.45, 7) is 0.471. The molecule has 1 N–H and O–H groups in total. The highest BCUT2D eigenvalue weighted by molar-refractivity contribution is 9.10. The summed E-state index contributed by atoms with van der Waals surface area (Å²) in [5.74, 6) is 0.645. The highest BCUT2D eigenvalue weighted by Gasteiger charge is 2.23. The SMILES string of the molecule is O=c1c(Cc2cccnc2)cn2c3c(cc(OCCCO)cc13)Sc1ccc(Br)cc1-2. The van der Waals surface area contributed by atoms with Crippen LogP contribution in [0.5, 0.6) is 5.75 Å². The molecule has 0 aliphatic carbocycles.